The van der Waals surface area contributed by atoms with Gasteiger partial charge in [-0.1, -0.05) is 170 Å². The monoisotopic (exact) mass is 743 g/mol. The number of rotatable bonds is 7. The molecule has 2 heteroatoms. The molecule has 1 heterocycles. The zero-order chi connectivity index (χ0) is 41.9. The molecule has 0 aliphatic carbocycles. The van der Waals surface area contributed by atoms with E-state index in [9.17, 15) is 5.48 Å². The Morgan fingerprint density at radius 1 is 0.345 bits per heavy atom. The summed E-state index contributed by atoms with van der Waals surface area (Å²) in [6, 6.07) is 66.6. The molecule has 0 fully saturated rings. The Balaban J connectivity index is 1.08. The van der Waals surface area contributed by atoms with Gasteiger partial charge in [-0.15, -0.1) is 0 Å². The SMILES string of the molecule is [2H]c1c([2H])c(N(c2ccc(-c3cccc4oc5c6ccccc6ccc5c34)cc2)c2cccc(-c3cccc4ccccc34)c2)c([2H])c([2H])c1-c1cccc(-c2ccccc2)c1. The summed E-state index contributed by atoms with van der Waals surface area (Å²) in [6.45, 7) is 0. The zero-order valence-electron chi connectivity index (χ0n) is 35.4. The van der Waals surface area contributed by atoms with Crippen LogP contribution in [0.25, 0.3) is 88.0 Å². The summed E-state index contributed by atoms with van der Waals surface area (Å²) in [5.41, 5.74) is 10.1. The van der Waals surface area contributed by atoms with E-state index in [1.807, 2.05) is 120 Å². The lowest BCUT2D eigenvalue weighted by Gasteiger charge is -2.26. The maximum absolute atomic E-state index is 9.64. The van der Waals surface area contributed by atoms with Crippen LogP contribution in [-0.2, 0) is 0 Å². The average Bonchev–Trinajstić information content (AvgIpc) is 3.72. The van der Waals surface area contributed by atoms with Crippen LogP contribution in [0.15, 0.2) is 229 Å². The van der Waals surface area contributed by atoms with E-state index >= 15 is 0 Å². The van der Waals surface area contributed by atoms with Crippen LogP contribution in [-0.4, -0.2) is 0 Å². The van der Waals surface area contributed by atoms with Crippen molar-refractivity contribution in [1.82, 2.24) is 0 Å². The molecule has 11 rings (SSSR count). The predicted molar refractivity (Wildman–Crippen MR) is 245 cm³/mol. The number of furan rings is 1. The topological polar surface area (TPSA) is 16.4 Å². The molecule has 0 aliphatic heterocycles. The highest BCUT2D eigenvalue weighted by Crippen LogP contribution is 2.42. The molecule has 58 heavy (non-hydrogen) atoms. The van der Waals surface area contributed by atoms with E-state index in [1.165, 1.54) is 0 Å². The molecule has 0 N–H and O–H groups in total. The number of hydrogen-bond donors (Lipinski definition) is 0. The number of fused-ring (bicyclic) bond motifs is 6. The molecule has 1 aromatic heterocycles. The number of hydrogen-bond acceptors (Lipinski definition) is 2. The van der Waals surface area contributed by atoms with Gasteiger partial charge in [0.25, 0.3) is 0 Å². The quantitative estimate of drug-likeness (QED) is 0.162. The lowest BCUT2D eigenvalue weighted by atomic mass is 9.97. The Bertz CT molecular complexity index is 3490. The normalized spacial score (nSPS) is 12.4. The fraction of sp³-hybridized carbons (Fsp3) is 0. The minimum Gasteiger partial charge on any atom is -0.455 e. The molecular weight excluding hydrogens is 703 g/mol. The van der Waals surface area contributed by atoms with Crippen molar-refractivity contribution in [1.29, 1.82) is 0 Å². The first-order chi connectivity index (χ1) is 30.4. The maximum Gasteiger partial charge on any atom is 0.143 e. The van der Waals surface area contributed by atoms with Crippen molar-refractivity contribution in [3.63, 3.8) is 0 Å². The van der Waals surface area contributed by atoms with Gasteiger partial charge in [0.05, 0.1) is 5.48 Å². The minimum atomic E-state index is -0.132. The number of anilines is 3. The highest BCUT2D eigenvalue weighted by atomic mass is 16.3. The summed E-state index contributed by atoms with van der Waals surface area (Å²) in [4.78, 5) is 1.86. The van der Waals surface area contributed by atoms with Crippen LogP contribution >= 0.6 is 0 Å². The summed E-state index contributed by atoms with van der Waals surface area (Å²) in [6.07, 6.45) is 0. The van der Waals surface area contributed by atoms with Crippen LogP contribution in [0.4, 0.5) is 17.1 Å². The van der Waals surface area contributed by atoms with Gasteiger partial charge in [-0.05, 0) is 115 Å². The maximum atomic E-state index is 9.64. The summed E-state index contributed by atoms with van der Waals surface area (Å²) in [5.74, 6) is 0. The van der Waals surface area contributed by atoms with E-state index in [0.29, 0.717) is 16.9 Å². The third kappa shape index (κ3) is 5.91. The van der Waals surface area contributed by atoms with E-state index in [1.54, 1.807) is 0 Å². The van der Waals surface area contributed by atoms with Crippen molar-refractivity contribution in [2.75, 3.05) is 4.90 Å². The van der Waals surface area contributed by atoms with Crippen molar-refractivity contribution in [3.05, 3.63) is 224 Å². The highest BCUT2D eigenvalue weighted by molar-refractivity contribution is 6.19. The van der Waals surface area contributed by atoms with Gasteiger partial charge in [0.15, 0.2) is 0 Å². The van der Waals surface area contributed by atoms with Crippen molar-refractivity contribution < 1.29 is 9.90 Å². The second-order valence-corrected chi connectivity index (χ2v) is 14.6. The molecular formula is C56H37NO. The number of benzene rings is 10. The molecule has 0 saturated heterocycles. The van der Waals surface area contributed by atoms with Crippen molar-refractivity contribution in [2.24, 2.45) is 0 Å². The van der Waals surface area contributed by atoms with E-state index in [2.05, 4.69) is 84.9 Å². The van der Waals surface area contributed by atoms with Crippen LogP contribution in [0, 0.1) is 0 Å². The molecule has 0 amide bonds. The first kappa shape index (κ1) is 29.6. The van der Waals surface area contributed by atoms with Crippen LogP contribution in [0.2, 0.25) is 0 Å². The van der Waals surface area contributed by atoms with Gasteiger partial charge in [-0.2, -0.15) is 0 Å². The largest absolute Gasteiger partial charge is 0.455 e. The molecule has 0 unspecified atom stereocenters. The van der Waals surface area contributed by atoms with Crippen molar-refractivity contribution in [2.45, 2.75) is 0 Å². The summed E-state index contributed by atoms with van der Waals surface area (Å²) >= 11 is 0. The summed E-state index contributed by atoms with van der Waals surface area (Å²) in [7, 11) is 0. The zero-order valence-corrected chi connectivity index (χ0v) is 31.4. The molecule has 272 valence electrons. The average molecular weight is 744 g/mol. The highest BCUT2D eigenvalue weighted by Gasteiger charge is 2.18. The smallest absolute Gasteiger partial charge is 0.143 e. The van der Waals surface area contributed by atoms with Gasteiger partial charge in [0, 0.05) is 33.2 Å². The molecule has 2 nitrogen and oxygen atoms in total. The molecule has 10 aromatic carbocycles. The van der Waals surface area contributed by atoms with Gasteiger partial charge < -0.3 is 9.32 Å². The molecule has 0 spiro atoms. The van der Waals surface area contributed by atoms with Gasteiger partial charge >= 0.3 is 0 Å². The first-order valence-electron chi connectivity index (χ1n) is 21.5. The molecule has 11 aromatic rings. The van der Waals surface area contributed by atoms with Gasteiger partial charge in [-0.3, -0.25) is 0 Å². The fourth-order valence-electron chi connectivity index (χ4n) is 8.33. The second kappa shape index (κ2) is 14.1. The third-order valence-electron chi connectivity index (χ3n) is 11.1. The Labute approximate surface area is 343 Å². The van der Waals surface area contributed by atoms with Crippen LogP contribution in [0.5, 0.6) is 0 Å². The number of nitrogens with zero attached hydrogens (tertiary/aromatic N) is 1. The third-order valence-corrected chi connectivity index (χ3v) is 11.1. The standard InChI is InChI=1S/C56H37NO/c1-2-12-38(13-3-1)43-17-8-18-44(36-43)39-26-31-46(32-27-39)57(48-20-9-19-45(37-48)50-23-10-16-40-14-4-6-21-49(40)50)47-33-28-42(29-34-47)51-24-11-25-54-55(51)53-35-30-41-15-5-7-22-52(41)56(53)58-54/h1-37H/i26D,27D,31D,32D. The van der Waals surface area contributed by atoms with Crippen molar-refractivity contribution in [3.8, 4) is 44.5 Å². The van der Waals surface area contributed by atoms with Gasteiger partial charge in [-0.25, -0.2) is 0 Å². The van der Waals surface area contributed by atoms with Crippen LogP contribution < -0.4 is 4.90 Å². The Morgan fingerprint density at radius 2 is 0.966 bits per heavy atom. The van der Waals surface area contributed by atoms with E-state index < -0.39 is 0 Å². The lowest BCUT2D eigenvalue weighted by Crippen LogP contribution is -2.10. The molecule has 0 aliphatic rings. The predicted octanol–water partition coefficient (Wildman–Crippen LogP) is 16.0. The lowest BCUT2D eigenvalue weighted by molar-refractivity contribution is 0.673. The van der Waals surface area contributed by atoms with Gasteiger partial charge in [0.2, 0.25) is 0 Å². The van der Waals surface area contributed by atoms with Gasteiger partial charge in [0.1, 0.15) is 11.2 Å². The van der Waals surface area contributed by atoms with E-state index in [0.717, 1.165) is 76.9 Å². The summed E-state index contributed by atoms with van der Waals surface area (Å²) in [5, 5.41) is 6.51. The Morgan fingerprint density at radius 3 is 1.79 bits per heavy atom. The first-order valence-corrected chi connectivity index (χ1v) is 19.5. The molecule has 0 saturated carbocycles. The second-order valence-electron chi connectivity index (χ2n) is 14.6. The van der Waals surface area contributed by atoms with Crippen LogP contribution in [0.1, 0.15) is 5.48 Å². The van der Waals surface area contributed by atoms with Crippen molar-refractivity contribution >= 4 is 60.5 Å². The molecule has 0 atom stereocenters. The van der Waals surface area contributed by atoms with Crippen LogP contribution in [0.3, 0.4) is 0 Å². The minimum absolute atomic E-state index is 0.107. The van der Waals surface area contributed by atoms with E-state index in [-0.39, 0.29) is 35.4 Å². The molecule has 0 bridgehead atoms. The Kier molecular flexibility index (Phi) is 7.20. The molecule has 0 radical (unpaired) electrons. The fourth-order valence-corrected chi connectivity index (χ4v) is 8.33. The van der Waals surface area contributed by atoms with E-state index in [4.69, 9.17) is 4.42 Å². The summed E-state index contributed by atoms with van der Waals surface area (Å²) < 4.78 is 44.7. The Hall–Kier alpha value is -7.68.